The van der Waals surface area contributed by atoms with Gasteiger partial charge in [0.1, 0.15) is 0 Å². The lowest BCUT2D eigenvalue weighted by atomic mass is 9.86. The molecular formula is C14H25F2N3O. The summed E-state index contributed by atoms with van der Waals surface area (Å²) in [6.45, 7) is 3.56. The number of halogens is 2. The Labute approximate surface area is 119 Å². The van der Waals surface area contributed by atoms with Crippen molar-refractivity contribution in [3.63, 3.8) is 0 Å². The predicted octanol–water partition coefficient (Wildman–Crippen LogP) is 2.20. The topological polar surface area (TPSA) is 44.4 Å². The van der Waals surface area contributed by atoms with Crippen LogP contribution in [0.4, 0.5) is 13.6 Å². The molecule has 2 atom stereocenters. The van der Waals surface area contributed by atoms with Gasteiger partial charge in [-0.3, -0.25) is 0 Å². The van der Waals surface area contributed by atoms with Crippen LogP contribution in [0.3, 0.4) is 0 Å². The minimum Gasteiger partial charge on any atom is -0.335 e. The first-order valence-electron chi connectivity index (χ1n) is 7.63. The number of piperidine rings is 1. The third-order valence-corrected chi connectivity index (χ3v) is 4.56. The molecule has 1 saturated carbocycles. The predicted molar refractivity (Wildman–Crippen MR) is 73.9 cm³/mol. The Kier molecular flexibility index (Phi) is 5.57. The molecule has 0 aromatic carbocycles. The van der Waals surface area contributed by atoms with Crippen LogP contribution in [0.2, 0.25) is 0 Å². The Morgan fingerprint density at radius 3 is 2.65 bits per heavy atom. The van der Waals surface area contributed by atoms with Crippen LogP contribution in [-0.2, 0) is 0 Å². The Morgan fingerprint density at radius 1 is 1.30 bits per heavy atom. The summed E-state index contributed by atoms with van der Waals surface area (Å²) in [6.07, 6.45) is 3.67. The van der Waals surface area contributed by atoms with Crippen molar-refractivity contribution in [1.82, 2.24) is 15.5 Å². The number of hydrogen-bond donors (Lipinski definition) is 2. The van der Waals surface area contributed by atoms with E-state index in [2.05, 4.69) is 15.5 Å². The van der Waals surface area contributed by atoms with Gasteiger partial charge in [0.25, 0.3) is 6.43 Å². The fraction of sp³-hybridized carbons (Fsp3) is 0.929. The van der Waals surface area contributed by atoms with Gasteiger partial charge in [0.05, 0.1) is 6.54 Å². The standard InChI is InChI=1S/C14H25F2N3O/c1-10(18-14(20)17-8-13(15)16)11-4-3-7-19(9-11)12-5-2-6-12/h10-13H,2-9H2,1H3,(H2,17,18,20)/t10-,11-/m0/s1. The Hall–Kier alpha value is -0.910. The number of urea groups is 1. The summed E-state index contributed by atoms with van der Waals surface area (Å²) in [5, 5.41) is 4.99. The first-order valence-corrected chi connectivity index (χ1v) is 7.63. The average molecular weight is 289 g/mol. The van der Waals surface area contributed by atoms with Gasteiger partial charge in [-0.1, -0.05) is 6.42 Å². The van der Waals surface area contributed by atoms with Gasteiger partial charge in [-0.25, -0.2) is 13.6 Å². The van der Waals surface area contributed by atoms with Crippen LogP contribution in [0.5, 0.6) is 0 Å². The number of likely N-dealkylation sites (tertiary alicyclic amines) is 1. The first-order chi connectivity index (χ1) is 9.56. The molecule has 1 aliphatic heterocycles. The van der Waals surface area contributed by atoms with Gasteiger partial charge >= 0.3 is 6.03 Å². The highest BCUT2D eigenvalue weighted by Crippen LogP contribution is 2.30. The molecule has 20 heavy (non-hydrogen) atoms. The van der Waals surface area contributed by atoms with Crippen molar-refractivity contribution < 1.29 is 13.6 Å². The quantitative estimate of drug-likeness (QED) is 0.815. The molecule has 2 aliphatic rings. The van der Waals surface area contributed by atoms with E-state index in [9.17, 15) is 13.6 Å². The van der Waals surface area contributed by atoms with Gasteiger partial charge in [-0.2, -0.15) is 0 Å². The van der Waals surface area contributed by atoms with Crippen LogP contribution in [0, 0.1) is 5.92 Å². The molecule has 1 heterocycles. The molecule has 4 nitrogen and oxygen atoms in total. The number of hydrogen-bond acceptors (Lipinski definition) is 2. The van der Waals surface area contributed by atoms with Crippen LogP contribution in [0.1, 0.15) is 39.0 Å². The minimum atomic E-state index is -2.50. The van der Waals surface area contributed by atoms with Crippen LogP contribution in [0.15, 0.2) is 0 Å². The molecule has 116 valence electrons. The van der Waals surface area contributed by atoms with E-state index in [0.29, 0.717) is 5.92 Å². The summed E-state index contributed by atoms with van der Waals surface area (Å²) in [5.74, 6) is 0.418. The number of alkyl halides is 2. The van der Waals surface area contributed by atoms with Crippen LogP contribution in [0.25, 0.3) is 0 Å². The van der Waals surface area contributed by atoms with Crippen LogP contribution >= 0.6 is 0 Å². The van der Waals surface area contributed by atoms with Gasteiger partial charge in [-0.05, 0) is 45.1 Å². The van der Waals surface area contributed by atoms with E-state index in [0.717, 1.165) is 32.0 Å². The van der Waals surface area contributed by atoms with Gasteiger partial charge in [-0.15, -0.1) is 0 Å². The van der Waals surface area contributed by atoms with E-state index in [1.54, 1.807) is 0 Å². The van der Waals surface area contributed by atoms with Gasteiger partial charge in [0.2, 0.25) is 0 Å². The van der Waals surface area contributed by atoms with E-state index >= 15 is 0 Å². The summed E-state index contributed by atoms with van der Waals surface area (Å²) in [6, 6.07) is 0.270. The first kappa shape index (κ1) is 15.5. The van der Waals surface area contributed by atoms with E-state index in [1.165, 1.54) is 19.3 Å². The summed E-state index contributed by atoms with van der Waals surface area (Å²) in [4.78, 5) is 14.0. The largest absolute Gasteiger partial charge is 0.335 e. The van der Waals surface area contributed by atoms with Crippen molar-refractivity contribution in [3.05, 3.63) is 0 Å². The Balaban J connectivity index is 1.73. The molecule has 6 heteroatoms. The van der Waals surface area contributed by atoms with Gasteiger partial charge in [0.15, 0.2) is 0 Å². The maximum Gasteiger partial charge on any atom is 0.315 e. The summed E-state index contributed by atoms with van der Waals surface area (Å²) >= 11 is 0. The number of rotatable bonds is 5. The maximum atomic E-state index is 12.0. The molecule has 2 fully saturated rings. The van der Waals surface area contributed by atoms with Crippen LogP contribution < -0.4 is 10.6 Å². The number of amides is 2. The molecule has 0 unspecified atom stereocenters. The Morgan fingerprint density at radius 2 is 2.05 bits per heavy atom. The lowest BCUT2D eigenvalue weighted by Crippen LogP contribution is -2.52. The smallest absolute Gasteiger partial charge is 0.315 e. The highest BCUT2D eigenvalue weighted by molar-refractivity contribution is 5.74. The van der Waals surface area contributed by atoms with Crippen molar-refractivity contribution in [2.24, 2.45) is 5.92 Å². The van der Waals surface area contributed by atoms with Crippen molar-refractivity contribution in [1.29, 1.82) is 0 Å². The maximum absolute atomic E-state index is 12.0. The molecule has 0 bridgehead atoms. The van der Waals surface area contributed by atoms with Crippen molar-refractivity contribution in [3.8, 4) is 0 Å². The molecule has 1 saturated heterocycles. The lowest BCUT2D eigenvalue weighted by molar-refractivity contribution is 0.0677. The average Bonchev–Trinajstić information content (AvgIpc) is 2.34. The molecule has 0 aromatic rings. The van der Waals surface area contributed by atoms with E-state index < -0.39 is 19.0 Å². The van der Waals surface area contributed by atoms with Gasteiger partial charge < -0.3 is 15.5 Å². The van der Waals surface area contributed by atoms with E-state index in [-0.39, 0.29) is 6.04 Å². The van der Waals surface area contributed by atoms with E-state index in [4.69, 9.17) is 0 Å². The number of nitrogens with zero attached hydrogens (tertiary/aromatic N) is 1. The second kappa shape index (κ2) is 7.20. The molecule has 1 aliphatic carbocycles. The summed E-state index contributed by atoms with van der Waals surface area (Å²) in [5.41, 5.74) is 0. The van der Waals surface area contributed by atoms with E-state index in [1.807, 2.05) is 6.92 Å². The highest BCUT2D eigenvalue weighted by Gasteiger charge is 2.31. The fourth-order valence-electron chi connectivity index (χ4n) is 3.08. The number of nitrogens with one attached hydrogen (secondary N) is 2. The second-order valence-electron chi connectivity index (χ2n) is 6.02. The molecular weight excluding hydrogens is 264 g/mol. The van der Waals surface area contributed by atoms with Crippen molar-refractivity contribution in [2.75, 3.05) is 19.6 Å². The summed E-state index contributed by atoms with van der Waals surface area (Å²) in [7, 11) is 0. The molecule has 2 rings (SSSR count). The zero-order chi connectivity index (χ0) is 14.5. The molecule has 0 spiro atoms. The molecule has 2 N–H and O–H groups in total. The fourth-order valence-corrected chi connectivity index (χ4v) is 3.08. The second-order valence-corrected chi connectivity index (χ2v) is 6.02. The number of carbonyl (C=O) groups is 1. The third-order valence-electron chi connectivity index (χ3n) is 4.56. The minimum absolute atomic E-state index is 0.0237. The molecule has 0 aromatic heterocycles. The van der Waals surface area contributed by atoms with Crippen LogP contribution in [-0.4, -0.2) is 49.1 Å². The monoisotopic (exact) mass is 289 g/mol. The normalized spacial score (nSPS) is 26.1. The van der Waals surface area contributed by atoms with Gasteiger partial charge in [0, 0.05) is 18.6 Å². The molecule has 0 radical (unpaired) electrons. The van der Waals surface area contributed by atoms with Crippen molar-refractivity contribution >= 4 is 6.03 Å². The SMILES string of the molecule is C[C@H](NC(=O)NCC(F)F)[C@H]1CCCN(C2CCC2)C1. The Bertz CT molecular complexity index is 324. The lowest BCUT2D eigenvalue weighted by Gasteiger charge is -2.43. The highest BCUT2D eigenvalue weighted by atomic mass is 19.3. The summed E-state index contributed by atoms with van der Waals surface area (Å²) < 4.78 is 24.0. The third kappa shape index (κ3) is 4.30. The molecule has 2 amide bonds. The zero-order valence-electron chi connectivity index (χ0n) is 12.1. The number of carbonyl (C=O) groups excluding carboxylic acids is 1. The zero-order valence-corrected chi connectivity index (χ0v) is 12.1. The van der Waals surface area contributed by atoms with Crippen molar-refractivity contribution in [2.45, 2.75) is 57.5 Å².